The van der Waals surface area contributed by atoms with E-state index in [1.807, 2.05) is 22.6 Å². The molecule has 1 aromatic rings. The molecule has 0 N–H and O–H groups in total. The Balaban J connectivity index is 1.73. The van der Waals surface area contributed by atoms with Crippen LogP contribution < -0.4 is 0 Å². The Morgan fingerprint density at radius 3 is 2.92 bits per heavy atom. The monoisotopic (exact) mass is 365 g/mol. The topological polar surface area (TPSA) is 47.4 Å². The molecule has 0 aromatic carbocycles. The molecule has 1 aliphatic heterocycles. The number of hydrogen-bond donors (Lipinski definition) is 0. The van der Waals surface area contributed by atoms with E-state index in [1.54, 1.807) is 6.08 Å². The quantitative estimate of drug-likeness (QED) is 0.764. The fraction of sp³-hybridized carbons (Fsp3) is 0.684. The van der Waals surface area contributed by atoms with Crippen LogP contribution in [0.2, 0.25) is 5.15 Å². The molecule has 1 amide bonds. The maximum atomic E-state index is 12.7. The summed E-state index contributed by atoms with van der Waals surface area (Å²) in [7, 11) is 0. The van der Waals surface area contributed by atoms with E-state index in [4.69, 9.17) is 16.3 Å². The normalized spacial score (nSPS) is 24.1. The summed E-state index contributed by atoms with van der Waals surface area (Å²) in [5.41, 5.74) is 1.69. The molecule has 25 heavy (non-hydrogen) atoms. The molecule has 1 saturated heterocycles. The smallest absolute Gasteiger partial charge is 0.246 e. The third-order valence-corrected chi connectivity index (χ3v) is 5.45. The van der Waals surface area contributed by atoms with Crippen molar-refractivity contribution in [3.05, 3.63) is 22.5 Å². The van der Waals surface area contributed by atoms with Crippen LogP contribution in [-0.2, 0) is 16.1 Å². The first-order valence-corrected chi connectivity index (χ1v) is 9.68. The van der Waals surface area contributed by atoms with Gasteiger partial charge in [-0.3, -0.25) is 9.48 Å². The highest BCUT2D eigenvalue weighted by molar-refractivity contribution is 6.31. The third kappa shape index (κ3) is 4.09. The van der Waals surface area contributed by atoms with E-state index in [-0.39, 0.29) is 18.1 Å². The van der Waals surface area contributed by atoms with E-state index in [2.05, 4.69) is 18.9 Å². The van der Waals surface area contributed by atoms with E-state index in [1.165, 1.54) is 12.8 Å². The lowest BCUT2D eigenvalue weighted by molar-refractivity contribution is -0.144. The fourth-order valence-electron chi connectivity index (χ4n) is 3.84. The summed E-state index contributed by atoms with van der Waals surface area (Å²) in [5.74, 6) is 0.513. The number of aryl methyl sites for hydroxylation is 1. The highest BCUT2D eigenvalue weighted by atomic mass is 35.5. The Hall–Kier alpha value is -1.33. The lowest BCUT2D eigenvalue weighted by Gasteiger charge is -2.43. The molecule has 2 aliphatic rings. The highest BCUT2D eigenvalue weighted by Gasteiger charge is 2.35. The van der Waals surface area contributed by atoms with Crippen LogP contribution in [0.5, 0.6) is 0 Å². The predicted octanol–water partition coefficient (Wildman–Crippen LogP) is 3.68. The van der Waals surface area contributed by atoms with Crippen LogP contribution in [-0.4, -0.2) is 45.9 Å². The minimum absolute atomic E-state index is 0.0484. The number of hydrogen-bond acceptors (Lipinski definition) is 3. The molecule has 138 valence electrons. The van der Waals surface area contributed by atoms with Crippen molar-refractivity contribution in [1.29, 1.82) is 0 Å². The summed E-state index contributed by atoms with van der Waals surface area (Å²) in [4.78, 5) is 14.7. The third-order valence-electron chi connectivity index (χ3n) is 5.06. The van der Waals surface area contributed by atoms with Crippen molar-refractivity contribution < 1.29 is 9.53 Å². The Kier molecular flexibility index (Phi) is 5.85. The van der Waals surface area contributed by atoms with E-state index in [0.717, 1.165) is 30.6 Å². The van der Waals surface area contributed by atoms with Crippen molar-refractivity contribution in [3.63, 3.8) is 0 Å². The van der Waals surface area contributed by atoms with Gasteiger partial charge < -0.3 is 9.64 Å². The maximum absolute atomic E-state index is 12.7. The van der Waals surface area contributed by atoms with Crippen molar-refractivity contribution in [2.24, 2.45) is 5.92 Å². The van der Waals surface area contributed by atoms with Gasteiger partial charge in [0.05, 0.1) is 24.4 Å². The number of amides is 1. The van der Waals surface area contributed by atoms with Gasteiger partial charge in [0.2, 0.25) is 5.91 Å². The summed E-state index contributed by atoms with van der Waals surface area (Å²) < 4.78 is 7.67. The summed E-state index contributed by atoms with van der Waals surface area (Å²) in [6.07, 6.45) is 8.14. The zero-order valence-corrected chi connectivity index (χ0v) is 16.1. The van der Waals surface area contributed by atoms with Gasteiger partial charge in [0.1, 0.15) is 5.15 Å². The first-order chi connectivity index (χ1) is 12.0. The zero-order chi connectivity index (χ0) is 18.0. The number of carbonyl (C=O) groups excluding carboxylic acids is 1. The van der Waals surface area contributed by atoms with Gasteiger partial charge in [0.25, 0.3) is 0 Å². The van der Waals surface area contributed by atoms with Gasteiger partial charge in [-0.25, -0.2) is 0 Å². The second-order valence-electron chi connectivity index (χ2n) is 7.49. The van der Waals surface area contributed by atoms with E-state index in [9.17, 15) is 4.79 Å². The van der Waals surface area contributed by atoms with Gasteiger partial charge in [-0.05, 0) is 31.8 Å². The van der Waals surface area contributed by atoms with Gasteiger partial charge in [-0.1, -0.05) is 38.3 Å². The number of nitrogens with zero attached hydrogens (tertiary/aromatic N) is 3. The van der Waals surface area contributed by atoms with Crippen molar-refractivity contribution in [3.8, 4) is 0 Å². The van der Waals surface area contributed by atoms with Crippen molar-refractivity contribution in [2.75, 3.05) is 13.2 Å². The zero-order valence-electron chi connectivity index (χ0n) is 15.4. The Labute approximate surface area is 155 Å². The molecule has 6 heteroatoms. The highest BCUT2D eigenvalue weighted by Crippen LogP contribution is 2.29. The number of carbonyl (C=O) groups is 1. The average molecular weight is 366 g/mol. The minimum Gasteiger partial charge on any atom is -0.374 e. The van der Waals surface area contributed by atoms with Gasteiger partial charge in [-0.2, -0.15) is 5.10 Å². The largest absolute Gasteiger partial charge is 0.374 e. The number of morpholine rings is 1. The van der Waals surface area contributed by atoms with Crippen LogP contribution in [0.1, 0.15) is 50.8 Å². The first-order valence-electron chi connectivity index (χ1n) is 9.30. The summed E-state index contributed by atoms with van der Waals surface area (Å²) in [6, 6.07) is 0.222. The molecule has 2 heterocycles. The van der Waals surface area contributed by atoms with Crippen LogP contribution >= 0.6 is 11.6 Å². The number of fused-ring (bicyclic) bond motifs is 1. The van der Waals surface area contributed by atoms with Crippen LogP contribution in [0.25, 0.3) is 6.08 Å². The number of halogens is 1. The summed E-state index contributed by atoms with van der Waals surface area (Å²) >= 11 is 6.46. The molecular weight excluding hydrogens is 338 g/mol. The number of rotatable bonds is 4. The van der Waals surface area contributed by atoms with Crippen molar-refractivity contribution >= 4 is 23.6 Å². The second-order valence-corrected chi connectivity index (χ2v) is 7.85. The maximum Gasteiger partial charge on any atom is 0.246 e. The first kappa shape index (κ1) is 18.5. The molecule has 2 atom stereocenters. The number of ether oxygens (including phenoxy) is 1. The van der Waals surface area contributed by atoms with Gasteiger partial charge in [0.15, 0.2) is 0 Å². The van der Waals surface area contributed by atoms with E-state index in [0.29, 0.717) is 24.2 Å². The molecular formula is C19H28ClN3O2. The molecule has 3 rings (SSSR count). The fourth-order valence-corrected chi connectivity index (χ4v) is 4.15. The van der Waals surface area contributed by atoms with Gasteiger partial charge in [0, 0.05) is 24.7 Å². The molecule has 0 bridgehead atoms. The number of aromatic nitrogens is 2. The molecule has 5 nitrogen and oxygen atoms in total. The Morgan fingerprint density at radius 2 is 2.16 bits per heavy atom. The predicted molar refractivity (Wildman–Crippen MR) is 99.6 cm³/mol. The lowest BCUT2D eigenvalue weighted by atomic mass is 9.90. The van der Waals surface area contributed by atoms with Crippen LogP contribution in [0, 0.1) is 12.8 Å². The minimum atomic E-state index is 0.0484. The van der Waals surface area contributed by atoms with Gasteiger partial charge >= 0.3 is 0 Å². The van der Waals surface area contributed by atoms with E-state index < -0.39 is 0 Å². The Morgan fingerprint density at radius 1 is 1.40 bits per heavy atom. The molecule has 0 spiro atoms. The standard InChI is InChI=1S/C19H28ClN3O2/c1-13(2)12-23-19(20)15(14(3)21-23)8-9-18(24)22-10-11-25-17-7-5-4-6-16(17)22/h8-9,13,16-17H,4-7,10-12H2,1-3H3/b9-8+. The lowest BCUT2D eigenvalue weighted by Crippen LogP contribution is -2.54. The van der Waals surface area contributed by atoms with Crippen molar-refractivity contribution in [1.82, 2.24) is 14.7 Å². The molecule has 2 fully saturated rings. The molecule has 1 aromatic heterocycles. The SMILES string of the molecule is Cc1nn(CC(C)C)c(Cl)c1/C=C/C(=O)N1CCOC2CCCCC21. The summed E-state index contributed by atoms with van der Waals surface area (Å²) in [5, 5.41) is 5.10. The van der Waals surface area contributed by atoms with Crippen molar-refractivity contribution in [2.45, 2.75) is 65.1 Å². The molecule has 1 aliphatic carbocycles. The second kappa shape index (κ2) is 7.92. The molecule has 2 unspecified atom stereocenters. The Bertz CT molecular complexity index is 651. The molecule has 0 radical (unpaired) electrons. The summed E-state index contributed by atoms with van der Waals surface area (Å²) in [6.45, 7) is 8.26. The van der Waals surface area contributed by atoms with Crippen LogP contribution in [0.3, 0.4) is 0 Å². The van der Waals surface area contributed by atoms with Crippen LogP contribution in [0.4, 0.5) is 0 Å². The molecule has 1 saturated carbocycles. The van der Waals surface area contributed by atoms with Crippen LogP contribution in [0.15, 0.2) is 6.08 Å². The van der Waals surface area contributed by atoms with Gasteiger partial charge in [-0.15, -0.1) is 0 Å². The average Bonchev–Trinajstić information content (AvgIpc) is 2.85. The van der Waals surface area contributed by atoms with E-state index >= 15 is 0 Å².